The summed E-state index contributed by atoms with van der Waals surface area (Å²) in [7, 11) is -3.57. The first-order valence-corrected chi connectivity index (χ1v) is 9.17. The number of aliphatic hydroxyl groups is 1. The average molecular weight is 329 g/mol. The molecule has 0 saturated heterocycles. The van der Waals surface area contributed by atoms with E-state index in [-0.39, 0.29) is 11.3 Å². The van der Waals surface area contributed by atoms with Gasteiger partial charge in [-0.2, -0.15) is 0 Å². The van der Waals surface area contributed by atoms with Crippen LogP contribution in [0.3, 0.4) is 0 Å². The lowest BCUT2D eigenvalue weighted by atomic mass is 10.1. The van der Waals surface area contributed by atoms with E-state index < -0.39 is 27.5 Å². The van der Waals surface area contributed by atoms with Gasteiger partial charge in [0.1, 0.15) is 5.82 Å². The van der Waals surface area contributed by atoms with Crippen LogP contribution >= 0.6 is 11.3 Å². The molecule has 0 saturated carbocycles. The minimum atomic E-state index is -3.57. The molecule has 0 aliphatic heterocycles. The second-order valence-electron chi connectivity index (χ2n) is 4.68. The van der Waals surface area contributed by atoms with E-state index in [1.54, 1.807) is 11.4 Å². The molecule has 2 rings (SSSR count). The molecular formula is C14H16FNO3S2. The van der Waals surface area contributed by atoms with Gasteiger partial charge in [-0.25, -0.2) is 17.8 Å². The van der Waals surface area contributed by atoms with Crippen LogP contribution in [-0.4, -0.2) is 24.3 Å². The summed E-state index contributed by atoms with van der Waals surface area (Å²) >= 11 is 1.41. The number of aryl methyl sites for hydroxylation is 1. The predicted molar refractivity (Wildman–Crippen MR) is 80.3 cm³/mol. The third kappa shape index (κ3) is 4.33. The van der Waals surface area contributed by atoms with Gasteiger partial charge in [0, 0.05) is 10.9 Å². The van der Waals surface area contributed by atoms with Crippen molar-refractivity contribution in [3.8, 4) is 0 Å². The minimum absolute atomic E-state index is 0.00593. The van der Waals surface area contributed by atoms with E-state index in [1.165, 1.54) is 29.5 Å². The predicted octanol–water partition coefficient (Wildman–Crippen LogP) is 2.49. The van der Waals surface area contributed by atoms with E-state index in [0.717, 1.165) is 11.4 Å². The number of thiazole rings is 1. The number of halogens is 1. The van der Waals surface area contributed by atoms with Crippen LogP contribution in [0.15, 0.2) is 29.6 Å². The van der Waals surface area contributed by atoms with Crippen LogP contribution in [-0.2, 0) is 22.0 Å². The summed E-state index contributed by atoms with van der Waals surface area (Å²) in [4.78, 5) is 4.20. The van der Waals surface area contributed by atoms with Gasteiger partial charge in [0.25, 0.3) is 0 Å². The molecule has 0 aliphatic rings. The summed E-state index contributed by atoms with van der Waals surface area (Å²) < 4.78 is 37.7. The van der Waals surface area contributed by atoms with E-state index >= 15 is 0 Å². The molecule has 1 aromatic carbocycles. The Morgan fingerprint density at radius 3 is 2.71 bits per heavy atom. The van der Waals surface area contributed by atoms with Crippen LogP contribution in [0.25, 0.3) is 0 Å². The highest BCUT2D eigenvalue weighted by Gasteiger charge is 2.22. The molecule has 1 N–H and O–H groups in total. The fourth-order valence-corrected chi connectivity index (χ4v) is 4.16. The quantitative estimate of drug-likeness (QED) is 0.884. The van der Waals surface area contributed by atoms with Crippen molar-refractivity contribution in [2.75, 3.05) is 5.75 Å². The van der Waals surface area contributed by atoms with Crippen LogP contribution in [0, 0.1) is 5.82 Å². The summed E-state index contributed by atoms with van der Waals surface area (Å²) in [6.45, 7) is 1.94. The fraction of sp³-hybridized carbons (Fsp3) is 0.357. The molecule has 1 heterocycles. The second kappa shape index (κ2) is 6.64. The number of rotatable bonds is 6. The van der Waals surface area contributed by atoms with Gasteiger partial charge >= 0.3 is 0 Å². The van der Waals surface area contributed by atoms with E-state index in [0.29, 0.717) is 5.69 Å². The molecule has 7 heteroatoms. The number of aromatic nitrogens is 1. The van der Waals surface area contributed by atoms with Gasteiger partial charge in [0.05, 0.1) is 28.3 Å². The number of hydrogen-bond donors (Lipinski definition) is 1. The van der Waals surface area contributed by atoms with Gasteiger partial charge in [-0.3, -0.25) is 0 Å². The molecule has 4 nitrogen and oxygen atoms in total. The second-order valence-corrected chi connectivity index (χ2v) is 7.73. The van der Waals surface area contributed by atoms with E-state index in [9.17, 15) is 17.9 Å². The molecule has 1 aromatic heterocycles. The molecule has 0 bridgehead atoms. The van der Waals surface area contributed by atoms with Crippen molar-refractivity contribution >= 4 is 21.2 Å². The van der Waals surface area contributed by atoms with Gasteiger partial charge in [-0.05, 0) is 12.5 Å². The van der Waals surface area contributed by atoms with Crippen LogP contribution in [0.2, 0.25) is 0 Å². The molecule has 0 aliphatic carbocycles. The third-order valence-electron chi connectivity index (χ3n) is 2.95. The molecule has 0 fully saturated rings. The highest BCUT2D eigenvalue weighted by atomic mass is 32.2. The Morgan fingerprint density at radius 2 is 2.10 bits per heavy atom. The smallest absolute Gasteiger partial charge is 0.158 e. The molecule has 0 radical (unpaired) electrons. The third-order valence-corrected chi connectivity index (χ3v) is 5.55. The normalized spacial score (nSPS) is 13.3. The van der Waals surface area contributed by atoms with Crippen LogP contribution < -0.4 is 0 Å². The molecule has 114 valence electrons. The van der Waals surface area contributed by atoms with Crippen LogP contribution in [0.5, 0.6) is 0 Å². The zero-order chi connectivity index (χ0) is 15.5. The SMILES string of the molecule is CCc1nc(CS(=O)(=O)CC(O)c2ccccc2F)cs1. The van der Waals surface area contributed by atoms with Crippen molar-refractivity contribution in [3.63, 3.8) is 0 Å². The highest BCUT2D eigenvalue weighted by Crippen LogP contribution is 2.20. The molecule has 1 unspecified atom stereocenters. The average Bonchev–Trinajstić information content (AvgIpc) is 2.85. The van der Waals surface area contributed by atoms with Crippen molar-refractivity contribution < 1.29 is 17.9 Å². The first-order chi connectivity index (χ1) is 9.91. The highest BCUT2D eigenvalue weighted by molar-refractivity contribution is 7.90. The molecule has 0 amide bonds. The number of sulfone groups is 1. The first kappa shape index (κ1) is 16.1. The Kier molecular flexibility index (Phi) is 5.08. The standard InChI is InChI=1S/C14H16FNO3S2/c1-2-14-16-10(7-20-14)8-21(18,19)9-13(17)11-5-3-4-6-12(11)15/h3-7,13,17H,2,8-9H2,1H3. The van der Waals surface area contributed by atoms with Gasteiger partial charge < -0.3 is 5.11 Å². The first-order valence-electron chi connectivity index (χ1n) is 6.47. The lowest BCUT2D eigenvalue weighted by Gasteiger charge is -2.11. The summed E-state index contributed by atoms with van der Waals surface area (Å²) in [5.41, 5.74) is 0.464. The molecule has 21 heavy (non-hydrogen) atoms. The molecule has 0 spiro atoms. The van der Waals surface area contributed by atoms with Crippen molar-refractivity contribution in [2.45, 2.75) is 25.2 Å². The van der Waals surface area contributed by atoms with Crippen molar-refractivity contribution in [2.24, 2.45) is 0 Å². The maximum Gasteiger partial charge on any atom is 0.158 e. The Labute approximate surface area is 127 Å². The lowest BCUT2D eigenvalue weighted by Crippen LogP contribution is -2.17. The van der Waals surface area contributed by atoms with Crippen molar-refractivity contribution in [3.05, 3.63) is 51.7 Å². The van der Waals surface area contributed by atoms with E-state index in [2.05, 4.69) is 4.98 Å². The van der Waals surface area contributed by atoms with Crippen LogP contribution in [0.1, 0.15) is 29.3 Å². The summed E-state index contributed by atoms with van der Waals surface area (Å²) in [5.74, 6) is -1.37. The van der Waals surface area contributed by atoms with Gasteiger partial charge in [-0.15, -0.1) is 11.3 Å². The maximum absolute atomic E-state index is 13.5. The molecule has 2 aromatic rings. The number of aliphatic hydroxyl groups excluding tert-OH is 1. The van der Waals surface area contributed by atoms with E-state index in [1.807, 2.05) is 6.92 Å². The Balaban J connectivity index is 2.08. The molecular weight excluding hydrogens is 313 g/mol. The monoisotopic (exact) mass is 329 g/mol. The van der Waals surface area contributed by atoms with E-state index in [4.69, 9.17) is 0 Å². The number of nitrogens with zero attached hydrogens (tertiary/aromatic N) is 1. The number of hydrogen-bond acceptors (Lipinski definition) is 5. The van der Waals surface area contributed by atoms with Gasteiger partial charge in [0.2, 0.25) is 0 Å². The van der Waals surface area contributed by atoms with Gasteiger partial charge in [-0.1, -0.05) is 25.1 Å². The molecule has 1 atom stereocenters. The Bertz CT molecular complexity index is 713. The van der Waals surface area contributed by atoms with Crippen molar-refractivity contribution in [1.82, 2.24) is 4.98 Å². The van der Waals surface area contributed by atoms with Crippen LogP contribution in [0.4, 0.5) is 4.39 Å². The summed E-state index contributed by atoms with van der Waals surface area (Å²) in [6, 6.07) is 5.62. The van der Waals surface area contributed by atoms with Gasteiger partial charge in [0.15, 0.2) is 9.84 Å². The Hall–Kier alpha value is -1.31. The zero-order valence-electron chi connectivity index (χ0n) is 11.5. The fourth-order valence-electron chi connectivity index (χ4n) is 1.94. The largest absolute Gasteiger partial charge is 0.387 e. The summed E-state index contributed by atoms with van der Waals surface area (Å²) in [5, 5.41) is 12.5. The topological polar surface area (TPSA) is 67.3 Å². The maximum atomic E-state index is 13.5. The lowest BCUT2D eigenvalue weighted by molar-refractivity contribution is 0.196. The Morgan fingerprint density at radius 1 is 1.38 bits per heavy atom. The van der Waals surface area contributed by atoms with Crippen molar-refractivity contribution in [1.29, 1.82) is 0 Å². The minimum Gasteiger partial charge on any atom is -0.387 e. The zero-order valence-corrected chi connectivity index (χ0v) is 13.1. The number of benzene rings is 1. The summed E-state index contributed by atoms with van der Waals surface area (Å²) in [6.07, 6.45) is -0.622.